The zero-order chi connectivity index (χ0) is 22.8. The number of nitrogens with zero attached hydrogens (tertiary/aromatic N) is 4. The van der Waals surface area contributed by atoms with Gasteiger partial charge in [-0.3, -0.25) is 14.5 Å². The van der Waals surface area contributed by atoms with Crippen molar-refractivity contribution in [2.24, 2.45) is 0 Å². The minimum atomic E-state index is -0.169. The van der Waals surface area contributed by atoms with Crippen molar-refractivity contribution < 1.29 is 4.79 Å². The fourth-order valence-corrected chi connectivity index (χ4v) is 4.31. The molecule has 2 aromatic heterocycles. The molecule has 0 unspecified atom stereocenters. The molecule has 4 rings (SSSR count). The Labute approximate surface area is 187 Å². The first-order valence-electron chi connectivity index (χ1n) is 11.1. The van der Waals surface area contributed by atoms with Crippen molar-refractivity contribution in [3.63, 3.8) is 0 Å². The summed E-state index contributed by atoms with van der Waals surface area (Å²) in [7, 11) is 1.61. The third kappa shape index (κ3) is 4.23. The van der Waals surface area contributed by atoms with E-state index in [1.54, 1.807) is 13.1 Å². The summed E-state index contributed by atoms with van der Waals surface area (Å²) in [5.41, 5.74) is 6.84. The van der Waals surface area contributed by atoms with Gasteiger partial charge in [-0.15, -0.1) is 0 Å². The highest BCUT2D eigenvalue weighted by Crippen LogP contribution is 2.23. The smallest absolute Gasteiger partial charge is 0.270 e. The number of nitrogens with one attached hydrogen (secondary N) is 2. The number of amides is 1. The molecule has 2 N–H and O–H groups in total. The van der Waals surface area contributed by atoms with Gasteiger partial charge in [-0.05, 0) is 49.6 Å². The summed E-state index contributed by atoms with van der Waals surface area (Å²) in [5.74, 6) is -0.169. The number of aromatic nitrogens is 3. The Bertz CT molecular complexity index is 1210. The van der Waals surface area contributed by atoms with Gasteiger partial charge in [-0.1, -0.05) is 13.0 Å². The monoisotopic (exact) mass is 434 g/mol. The number of piperazine rings is 1. The molecule has 8 heteroatoms. The highest BCUT2D eigenvalue weighted by atomic mass is 16.1. The van der Waals surface area contributed by atoms with Crippen molar-refractivity contribution in [1.82, 2.24) is 25.2 Å². The van der Waals surface area contributed by atoms with Gasteiger partial charge in [0.05, 0.1) is 22.4 Å². The number of aromatic amines is 1. The van der Waals surface area contributed by atoms with Gasteiger partial charge >= 0.3 is 0 Å². The number of carbonyl (C=O) groups excluding carboxylic acids is 1. The van der Waals surface area contributed by atoms with Crippen LogP contribution in [0.5, 0.6) is 0 Å². The third-order valence-corrected chi connectivity index (χ3v) is 6.27. The lowest BCUT2D eigenvalue weighted by atomic mass is 10.1. The van der Waals surface area contributed by atoms with E-state index in [4.69, 9.17) is 0 Å². The number of hydrogen-bond donors (Lipinski definition) is 2. The van der Waals surface area contributed by atoms with Crippen molar-refractivity contribution >= 4 is 22.6 Å². The van der Waals surface area contributed by atoms with E-state index in [9.17, 15) is 9.59 Å². The van der Waals surface area contributed by atoms with Gasteiger partial charge in [0, 0.05) is 39.8 Å². The second kappa shape index (κ2) is 9.08. The molecular formula is C24H30N6O2. The molecule has 1 aromatic carbocycles. The number of rotatable bonds is 5. The van der Waals surface area contributed by atoms with Gasteiger partial charge in [0.1, 0.15) is 11.4 Å². The molecular weight excluding hydrogens is 404 g/mol. The van der Waals surface area contributed by atoms with Gasteiger partial charge in [-0.25, -0.2) is 9.97 Å². The highest BCUT2D eigenvalue weighted by molar-refractivity contribution is 5.92. The molecule has 32 heavy (non-hydrogen) atoms. The standard InChI is InChI=1S/C24H30N6O2/c1-5-18-24(32)28-22-15(2)17(6-7-19(22)27-18)14-29-10-12-30(13-11-29)21-9-8-20(23(31)25-4)26-16(21)3/h6-9H,5,10-14H2,1-4H3,(H,25,31)(H,28,32). The van der Waals surface area contributed by atoms with Crippen molar-refractivity contribution in [2.75, 3.05) is 38.1 Å². The summed E-state index contributed by atoms with van der Waals surface area (Å²) in [4.78, 5) is 40.8. The number of anilines is 1. The molecule has 0 atom stereocenters. The summed E-state index contributed by atoms with van der Waals surface area (Å²) in [6.07, 6.45) is 0.625. The van der Waals surface area contributed by atoms with Crippen molar-refractivity contribution in [2.45, 2.75) is 33.7 Å². The molecule has 1 aliphatic heterocycles. The zero-order valence-electron chi connectivity index (χ0n) is 19.2. The van der Waals surface area contributed by atoms with Crippen molar-refractivity contribution in [3.8, 4) is 0 Å². The average molecular weight is 435 g/mol. The number of fused-ring (bicyclic) bond motifs is 1. The first-order chi connectivity index (χ1) is 15.4. The maximum atomic E-state index is 12.2. The molecule has 0 aliphatic carbocycles. The van der Waals surface area contributed by atoms with Crippen LogP contribution in [0.1, 0.15) is 39.9 Å². The topological polar surface area (TPSA) is 94.2 Å². The Morgan fingerprint density at radius 3 is 2.50 bits per heavy atom. The second-order valence-corrected chi connectivity index (χ2v) is 8.25. The van der Waals surface area contributed by atoms with Crippen LogP contribution in [-0.4, -0.2) is 59.0 Å². The van der Waals surface area contributed by atoms with Crippen LogP contribution in [0.2, 0.25) is 0 Å². The molecule has 1 amide bonds. The summed E-state index contributed by atoms with van der Waals surface area (Å²) in [5, 5.41) is 2.62. The maximum Gasteiger partial charge on any atom is 0.270 e. The summed E-state index contributed by atoms with van der Waals surface area (Å²) >= 11 is 0. The van der Waals surface area contributed by atoms with E-state index in [1.807, 2.05) is 26.0 Å². The molecule has 1 fully saturated rings. The first kappa shape index (κ1) is 22.0. The van der Waals surface area contributed by atoms with Crippen LogP contribution in [0.15, 0.2) is 29.1 Å². The van der Waals surface area contributed by atoms with E-state index >= 15 is 0 Å². The maximum absolute atomic E-state index is 12.2. The predicted molar refractivity (Wildman–Crippen MR) is 126 cm³/mol. The molecule has 0 spiro atoms. The van der Waals surface area contributed by atoms with Crippen molar-refractivity contribution in [1.29, 1.82) is 0 Å². The number of carbonyl (C=O) groups is 1. The molecule has 0 bridgehead atoms. The molecule has 0 radical (unpaired) electrons. The molecule has 1 aliphatic rings. The van der Waals surface area contributed by atoms with E-state index in [2.05, 4.69) is 43.1 Å². The van der Waals surface area contributed by atoms with Crippen LogP contribution in [-0.2, 0) is 13.0 Å². The molecule has 1 saturated heterocycles. The third-order valence-electron chi connectivity index (χ3n) is 6.27. The van der Waals surface area contributed by atoms with E-state index < -0.39 is 0 Å². The summed E-state index contributed by atoms with van der Waals surface area (Å²) < 4.78 is 0. The van der Waals surface area contributed by atoms with Crippen LogP contribution < -0.4 is 15.8 Å². The lowest BCUT2D eigenvalue weighted by Gasteiger charge is -2.36. The minimum absolute atomic E-state index is 0.0970. The average Bonchev–Trinajstić information content (AvgIpc) is 2.81. The Morgan fingerprint density at radius 2 is 1.84 bits per heavy atom. The molecule has 0 saturated carbocycles. The molecule has 3 aromatic rings. The fraction of sp³-hybridized carbons (Fsp3) is 0.417. The van der Waals surface area contributed by atoms with Crippen LogP contribution in [0.4, 0.5) is 5.69 Å². The summed E-state index contributed by atoms with van der Waals surface area (Å²) in [6, 6.07) is 7.90. The number of benzene rings is 1. The van der Waals surface area contributed by atoms with E-state index in [0.29, 0.717) is 17.8 Å². The number of hydrogen-bond acceptors (Lipinski definition) is 6. The van der Waals surface area contributed by atoms with E-state index in [-0.39, 0.29) is 11.5 Å². The number of aryl methyl sites for hydroxylation is 3. The minimum Gasteiger partial charge on any atom is -0.368 e. The fourth-order valence-electron chi connectivity index (χ4n) is 4.31. The zero-order valence-corrected chi connectivity index (χ0v) is 19.2. The van der Waals surface area contributed by atoms with Crippen LogP contribution >= 0.6 is 0 Å². The van der Waals surface area contributed by atoms with Crippen LogP contribution in [0, 0.1) is 13.8 Å². The Kier molecular flexibility index (Phi) is 6.23. The number of pyridine rings is 1. The SMILES string of the molecule is CCc1nc2ccc(CN3CCN(c4ccc(C(=O)NC)nc4C)CC3)c(C)c2[nH]c1=O. The molecule has 168 valence electrons. The number of H-pyrrole nitrogens is 1. The highest BCUT2D eigenvalue weighted by Gasteiger charge is 2.21. The second-order valence-electron chi connectivity index (χ2n) is 8.25. The van der Waals surface area contributed by atoms with Gasteiger partial charge in [0.15, 0.2) is 0 Å². The first-order valence-corrected chi connectivity index (χ1v) is 11.1. The Hall–Kier alpha value is -3.26. The summed E-state index contributed by atoms with van der Waals surface area (Å²) in [6.45, 7) is 10.4. The molecule has 3 heterocycles. The van der Waals surface area contributed by atoms with Crippen molar-refractivity contribution in [3.05, 3.63) is 62.8 Å². The predicted octanol–water partition coefficient (Wildman–Crippen LogP) is 2.18. The largest absolute Gasteiger partial charge is 0.368 e. The van der Waals surface area contributed by atoms with Crippen LogP contribution in [0.3, 0.4) is 0 Å². The lowest BCUT2D eigenvalue weighted by Crippen LogP contribution is -2.46. The van der Waals surface area contributed by atoms with E-state index in [0.717, 1.165) is 60.7 Å². The van der Waals surface area contributed by atoms with Gasteiger partial charge in [-0.2, -0.15) is 0 Å². The van der Waals surface area contributed by atoms with E-state index in [1.165, 1.54) is 5.56 Å². The van der Waals surface area contributed by atoms with Gasteiger partial charge < -0.3 is 15.2 Å². The normalized spacial score (nSPS) is 14.7. The lowest BCUT2D eigenvalue weighted by molar-refractivity contribution is 0.0958. The van der Waals surface area contributed by atoms with Gasteiger partial charge in [0.25, 0.3) is 11.5 Å². The van der Waals surface area contributed by atoms with Crippen LogP contribution in [0.25, 0.3) is 11.0 Å². The Balaban J connectivity index is 1.45. The van der Waals surface area contributed by atoms with Gasteiger partial charge in [0.2, 0.25) is 0 Å². The molecule has 8 nitrogen and oxygen atoms in total. The quantitative estimate of drug-likeness (QED) is 0.639. The Morgan fingerprint density at radius 1 is 1.09 bits per heavy atom.